The number of rotatable bonds is 4. The Hall–Kier alpha value is -6.62. The lowest BCUT2D eigenvalue weighted by Gasteiger charge is -2.20. The highest BCUT2D eigenvalue weighted by atomic mass is 15.0. The van der Waals surface area contributed by atoms with Gasteiger partial charge in [-0.3, -0.25) is 0 Å². The number of aromatic nitrogens is 2. The smallest absolute Gasteiger partial charge is 0.0994 e. The van der Waals surface area contributed by atoms with Crippen LogP contribution in [0.2, 0.25) is 0 Å². The molecule has 1 unspecified atom stereocenters. The third-order valence-electron chi connectivity index (χ3n) is 9.75. The van der Waals surface area contributed by atoms with Crippen molar-refractivity contribution < 1.29 is 0 Å². The van der Waals surface area contributed by atoms with Crippen molar-refractivity contribution in [3.63, 3.8) is 0 Å². The summed E-state index contributed by atoms with van der Waals surface area (Å²) in [7, 11) is 0. The van der Waals surface area contributed by atoms with E-state index in [0.717, 1.165) is 67.3 Å². The van der Waals surface area contributed by atoms with Crippen molar-refractivity contribution in [2.45, 2.75) is 12.3 Å². The van der Waals surface area contributed by atoms with Crippen LogP contribution in [0.1, 0.15) is 29.0 Å². The lowest BCUT2D eigenvalue weighted by molar-refractivity contribution is 0.847. The first-order valence-corrected chi connectivity index (χ1v) is 16.2. The van der Waals surface area contributed by atoms with Crippen molar-refractivity contribution in [1.29, 1.82) is 10.5 Å². The van der Waals surface area contributed by atoms with Crippen molar-refractivity contribution in [1.82, 2.24) is 9.13 Å². The Balaban J connectivity index is 1.09. The molecule has 4 nitrogen and oxygen atoms in total. The summed E-state index contributed by atoms with van der Waals surface area (Å²) in [5.41, 5.74) is 11.2. The molecule has 9 rings (SSSR count). The van der Waals surface area contributed by atoms with Crippen LogP contribution in [0.5, 0.6) is 0 Å². The molecule has 0 saturated carbocycles. The van der Waals surface area contributed by atoms with Crippen LogP contribution < -0.4 is 0 Å². The van der Waals surface area contributed by atoms with Crippen molar-refractivity contribution in [2.24, 2.45) is 0 Å². The molecule has 1 aliphatic carbocycles. The number of nitrogens with zero attached hydrogens (tertiary/aromatic N) is 4. The maximum atomic E-state index is 10.4. The Bertz CT molecular complexity index is 2680. The van der Waals surface area contributed by atoms with E-state index in [9.17, 15) is 10.5 Å². The van der Waals surface area contributed by atoms with Gasteiger partial charge in [0.1, 0.15) is 0 Å². The fourth-order valence-electron chi connectivity index (χ4n) is 7.56. The Labute approximate surface area is 277 Å². The quantitative estimate of drug-likeness (QED) is 0.199. The summed E-state index contributed by atoms with van der Waals surface area (Å²) in [6, 6.07) is 50.9. The van der Waals surface area contributed by atoms with Gasteiger partial charge in [0.2, 0.25) is 0 Å². The number of nitriles is 2. The van der Waals surface area contributed by atoms with Gasteiger partial charge in [-0.1, -0.05) is 97.1 Å². The molecule has 0 N–H and O–H groups in total. The van der Waals surface area contributed by atoms with Crippen LogP contribution in [-0.4, -0.2) is 9.13 Å². The van der Waals surface area contributed by atoms with Gasteiger partial charge in [0.05, 0.1) is 51.0 Å². The molecule has 0 saturated heterocycles. The number of allylic oxidation sites excluding steroid dienone is 4. The minimum absolute atomic E-state index is 0.0864. The normalized spacial score (nSPS) is 14.4. The van der Waals surface area contributed by atoms with E-state index in [1.165, 1.54) is 10.8 Å². The molecule has 0 spiro atoms. The highest BCUT2D eigenvalue weighted by molar-refractivity contribution is 6.11. The highest BCUT2D eigenvalue weighted by Crippen LogP contribution is 2.39. The van der Waals surface area contributed by atoms with Crippen LogP contribution in [0, 0.1) is 22.7 Å². The van der Waals surface area contributed by atoms with E-state index < -0.39 is 0 Å². The van der Waals surface area contributed by atoms with Crippen molar-refractivity contribution in [2.75, 3.05) is 0 Å². The van der Waals surface area contributed by atoms with Gasteiger partial charge in [-0.2, -0.15) is 10.5 Å². The summed E-state index contributed by atoms with van der Waals surface area (Å²) in [6.45, 7) is 0. The second-order valence-corrected chi connectivity index (χ2v) is 12.3. The fraction of sp³-hybridized carbons (Fsp3) is 0.0455. The second kappa shape index (κ2) is 11.0. The van der Waals surface area contributed by atoms with Crippen LogP contribution >= 0.6 is 0 Å². The minimum Gasteiger partial charge on any atom is -0.310 e. The standard InChI is InChI=1S/C44H28N4/c45-27-29-17-24-44-39(25-29)38-12-4-6-14-41(38)47(44)33-21-18-30(19-22-33)34-23-20-31(26-32(34)28-46)35-9-1-5-13-40(35)48-42-15-7-2-10-36(42)37-11-3-8-16-43(37)48/h1-18,20-26,30H,19H2. The van der Waals surface area contributed by atoms with E-state index in [0.29, 0.717) is 11.1 Å². The van der Waals surface area contributed by atoms with E-state index in [4.69, 9.17) is 0 Å². The van der Waals surface area contributed by atoms with Crippen LogP contribution in [0.4, 0.5) is 0 Å². The Morgan fingerprint density at radius 1 is 0.562 bits per heavy atom. The van der Waals surface area contributed by atoms with E-state index in [1.54, 1.807) is 0 Å². The summed E-state index contributed by atoms with van der Waals surface area (Å²) >= 11 is 0. The predicted octanol–water partition coefficient (Wildman–Crippen LogP) is 10.9. The van der Waals surface area contributed by atoms with Crippen LogP contribution in [0.25, 0.3) is 66.1 Å². The summed E-state index contributed by atoms with van der Waals surface area (Å²) in [4.78, 5) is 0. The average Bonchev–Trinajstić information content (AvgIpc) is 3.67. The molecule has 0 bridgehead atoms. The maximum absolute atomic E-state index is 10.4. The Morgan fingerprint density at radius 2 is 1.19 bits per heavy atom. The van der Waals surface area contributed by atoms with Gasteiger partial charge < -0.3 is 9.13 Å². The molecule has 1 atom stereocenters. The molecule has 0 aliphatic heterocycles. The minimum atomic E-state index is 0.0864. The molecular weight excluding hydrogens is 585 g/mol. The number of hydrogen-bond donors (Lipinski definition) is 0. The van der Waals surface area contributed by atoms with Gasteiger partial charge in [0, 0.05) is 38.7 Å². The first-order chi connectivity index (χ1) is 23.7. The lowest BCUT2D eigenvalue weighted by atomic mass is 9.87. The number of para-hydroxylation sites is 4. The first-order valence-electron chi connectivity index (χ1n) is 16.2. The van der Waals surface area contributed by atoms with Crippen molar-refractivity contribution >= 4 is 49.3 Å². The molecule has 48 heavy (non-hydrogen) atoms. The Morgan fingerprint density at radius 3 is 1.85 bits per heavy atom. The molecule has 6 aromatic carbocycles. The van der Waals surface area contributed by atoms with Gasteiger partial charge in [-0.15, -0.1) is 0 Å². The lowest BCUT2D eigenvalue weighted by Crippen LogP contribution is -2.05. The molecule has 0 fully saturated rings. The first kappa shape index (κ1) is 27.7. The van der Waals surface area contributed by atoms with Gasteiger partial charge in [-0.05, 0) is 72.2 Å². The summed E-state index contributed by atoms with van der Waals surface area (Å²) < 4.78 is 4.62. The van der Waals surface area contributed by atoms with E-state index in [-0.39, 0.29) is 5.92 Å². The number of fused-ring (bicyclic) bond motifs is 6. The highest BCUT2D eigenvalue weighted by Gasteiger charge is 2.20. The van der Waals surface area contributed by atoms with E-state index >= 15 is 0 Å². The largest absolute Gasteiger partial charge is 0.310 e. The molecular formula is C44H28N4. The third-order valence-corrected chi connectivity index (χ3v) is 9.75. The van der Waals surface area contributed by atoms with Crippen LogP contribution in [0.15, 0.2) is 152 Å². The summed E-state index contributed by atoms with van der Waals surface area (Å²) in [6.07, 6.45) is 7.44. The molecule has 4 heteroatoms. The summed E-state index contributed by atoms with van der Waals surface area (Å²) in [5, 5.41) is 24.6. The molecule has 0 amide bonds. The number of benzene rings is 6. The van der Waals surface area contributed by atoms with Crippen molar-refractivity contribution in [3.8, 4) is 29.0 Å². The molecule has 2 aromatic heterocycles. The second-order valence-electron chi connectivity index (χ2n) is 12.3. The SMILES string of the molecule is N#Cc1ccc2c(c1)c1ccccc1n2C1=CCC(c2ccc(-c3ccccc3-n3c4ccccc4c4ccccc43)cc2C#N)C=C1. The fourth-order valence-corrected chi connectivity index (χ4v) is 7.56. The zero-order valence-corrected chi connectivity index (χ0v) is 26.0. The molecule has 224 valence electrons. The average molecular weight is 613 g/mol. The van der Waals surface area contributed by atoms with Gasteiger partial charge in [-0.25, -0.2) is 0 Å². The molecule has 1 aliphatic rings. The van der Waals surface area contributed by atoms with Gasteiger partial charge >= 0.3 is 0 Å². The van der Waals surface area contributed by atoms with E-state index in [2.05, 4.69) is 149 Å². The van der Waals surface area contributed by atoms with Gasteiger partial charge in [0.25, 0.3) is 0 Å². The molecule has 8 aromatic rings. The molecule has 2 heterocycles. The van der Waals surface area contributed by atoms with Gasteiger partial charge in [0.15, 0.2) is 0 Å². The predicted molar refractivity (Wildman–Crippen MR) is 196 cm³/mol. The Kier molecular flexibility index (Phi) is 6.35. The topological polar surface area (TPSA) is 57.4 Å². The van der Waals surface area contributed by atoms with Crippen LogP contribution in [-0.2, 0) is 0 Å². The van der Waals surface area contributed by atoms with Crippen LogP contribution in [0.3, 0.4) is 0 Å². The molecule has 0 radical (unpaired) electrons. The maximum Gasteiger partial charge on any atom is 0.0994 e. The monoisotopic (exact) mass is 612 g/mol. The zero-order valence-electron chi connectivity index (χ0n) is 26.0. The third kappa shape index (κ3) is 4.21. The van der Waals surface area contributed by atoms with E-state index in [1.807, 2.05) is 24.3 Å². The summed E-state index contributed by atoms with van der Waals surface area (Å²) in [5.74, 6) is 0.0864. The van der Waals surface area contributed by atoms with Crippen molar-refractivity contribution in [3.05, 3.63) is 168 Å². The number of hydrogen-bond acceptors (Lipinski definition) is 2. The zero-order chi connectivity index (χ0) is 32.2.